The topological polar surface area (TPSA) is 142 Å². The van der Waals surface area contributed by atoms with Crippen molar-refractivity contribution in [3.8, 4) is 6.07 Å². The lowest BCUT2D eigenvalue weighted by molar-refractivity contribution is -0.384. The van der Waals surface area contributed by atoms with Crippen molar-refractivity contribution in [2.45, 2.75) is 18.2 Å². The van der Waals surface area contributed by atoms with E-state index < -0.39 is 20.6 Å². The number of rotatable bonds is 6. The number of nitrogens with two attached hydrogens (primary N) is 1. The number of nitrogens with one attached hydrogen (secondary N) is 1. The normalized spacial score (nSPS) is 11.2. The van der Waals surface area contributed by atoms with Gasteiger partial charge in [-0.25, -0.2) is 8.42 Å². The van der Waals surface area contributed by atoms with Gasteiger partial charge in [-0.3, -0.25) is 16.0 Å². The maximum Gasteiger partial charge on any atom is 0.295 e. The number of sulfonamides is 1. The van der Waals surface area contributed by atoms with E-state index in [9.17, 15) is 18.5 Å². The van der Waals surface area contributed by atoms with Crippen molar-refractivity contribution in [2.75, 3.05) is 19.0 Å². The number of nitrogen functional groups attached to an aromatic ring is 1. The summed E-state index contributed by atoms with van der Waals surface area (Å²) in [7, 11) is -2.60. The molecule has 0 unspecified atom stereocenters. The second-order valence-electron chi connectivity index (χ2n) is 4.27. The molecule has 0 aliphatic heterocycles. The Morgan fingerprint density at radius 3 is 2.62 bits per heavy atom. The molecule has 0 atom stereocenters. The van der Waals surface area contributed by atoms with Crippen LogP contribution in [0.2, 0.25) is 0 Å². The molecular formula is C11H15N5O4S. The molecule has 0 radical (unpaired) electrons. The van der Waals surface area contributed by atoms with E-state index in [0.29, 0.717) is 5.56 Å². The fourth-order valence-corrected chi connectivity index (χ4v) is 3.11. The van der Waals surface area contributed by atoms with Crippen molar-refractivity contribution in [2.24, 2.45) is 5.84 Å². The van der Waals surface area contributed by atoms with Crippen LogP contribution < -0.4 is 11.3 Å². The van der Waals surface area contributed by atoms with Crippen molar-refractivity contribution in [3.63, 3.8) is 0 Å². The number of nitro groups is 1. The van der Waals surface area contributed by atoms with Gasteiger partial charge < -0.3 is 5.43 Å². The van der Waals surface area contributed by atoms with Gasteiger partial charge in [0.2, 0.25) is 10.0 Å². The van der Waals surface area contributed by atoms with Gasteiger partial charge in [-0.2, -0.15) is 9.57 Å². The highest BCUT2D eigenvalue weighted by Gasteiger charge is 2.27. The minimum absolute atomic E-state index is 0.00294. The SMILES string of the molecule is Cc1cc(NN)c([N+](=O)[O-])cc1S(=O)(=O)N(C)CCC#N. The highest BCUT2D eigenvalue weighted by atomic mass is 32.2. The molecule has 0 saturated heterocycles. The van der Waals surface area contributed by atoms with Crippen molar-refractivity contribution < 1.29 is 13.3 Å². The van der Waals surface area contributed by atoms with Crippen LogP contribution in [-0.2, 0) is 10.0 Å². The van der Waals surface area contributed by atoms with E-state index in [-0.39, 0.29) is 23.5 Å². The van der Waals surface area contributed by atoms with E-state index in [4.69, 9.17) is 11.1 Å². The summed E-state index contributed by atoms with van der Waals surface area (Å²) in [6, 6.07) is 4.10. The Morgan fingerprint density at radius 1 is 1.52 bits per heavy atom. The van der Waals surface area contributed by atoms with Gasteiger partial charge in [-0.05, 0) is 18.6 Å². The lowest BCUT2D eigenvalue weighted by Gasteiger charge is -2.17. The summed E-state index contributed by atoms with van der Waals surface area (Å²) < 4.78 is 25.7. The molecule has 1 aromatic carbocycles. The molecule has 0 spiro atoms. The fraction of sp³-hybridized carbons (Fsp3) is 0.364. The van der Waals surface area contributed by atoms with Crippen LogP contribution in [-0.4, -0.2) is 31.2 Å². The van der Waals surface area contributed by atoms with E-state index in [1.54, 1.807) is 0 Å². The first-order valence-electron chi connectivity index (χ1n) is 5.84. The molecule has 0 saturated carbocycles. The maximum atomic E-state index is 12.4. The first-order valence-corrected chi connectivity index (χ1v) is 7.28. The summed E-state index contributed by atoms with van der Waals surface area (Å²) in [6.07, 6.45) is 0.0271. The first kappa shape index (κ1) is 16.8. The van der Waals surface area contributed by atoms with Crippen LogP contribution in [0, 0.1) is 28.4 Å². The third-order valence-corrected chi connectivity index (χ3v) is 4.87. The number of hydrogen-bond acceptors (Lipinski definition) is 7. The van der Waals surface area contributed by atoms with E-state index in [1.165, 1.54) is 20.0 Å². The average Bonchev–Trinajstić information content (AvgIpc) is 2.43. The van der Waals surface area contributed by atoms with Crippen LogP contribution >= 0.6 is 0 Å². The average molecular weight is 313 g/mol. The van der Waals surface area contributed by atoms with Gasteiger partial charge in [-0.15, -0.1) is 0 Å². The summed E-state index contributed by atoms with van der Waals surface area (Å²) in [5.74, 6) is 5.19. The molecule has 114 valence electrons. The Labute approximate surface area is 122 Å². The lowest BCUT2D eigenvalue weighted by atomic mass is 10.2. The largest absolute Gasteiger partial charge is 0.318 e. The summed E-state index contributed by atoms with van der Waals surface area (Å²) in [5.41, 5.74) is 2.07. The monoisotopic (exact) mass is 313 g/mol. The zero-order valence-corrected chi connectivity index (χ0v) is 12.3. The summed E-state index contributed by atoms with van der Waals surface area (Å²) in [5, 5.41) is 19.5. The molecule has 0 fully saturated rings. The van der Waals surface area contributed by atoms with Crippen LogP contribution in [0.5, 0.6) is 0 Å². The van der Waals surface area contributed by atoms with Crippen LogP contribution in [0.15, 0.2) is 17.0 Å². The predicted octanol–water partition coefficient (Wildman–Crippen LogP) is 0.723. The predicted molar refractivity (Wildman–Crippen MR) is 75.7 cm³/mol. The molecule has 0 amide bonds. The van der Waals surface area contributed by atoms with Gasteiger partial charge in [0, 0.05) is 26.1 Å². The van der Waals surface area contributed by atoms with E-state index >= 15 is 0 Å². The number of nitrogens with zero attached hydrogens (tertiary/aromatic N) is 3. The van der Waals surface area contributed by atoms with Gasteiger partial charge in [0.15, 0.2) is 0 Å². The van der Waals surface area contributed by atoms with Gasteiger partial charge in [-0.1, -0.05) is 0 Å². The highest BCUT2D eigenvalue weighted by molar-refractivity contribution is 7.89. The van der Waals surface area contributed by atoms with Crippen molar-refractivity contribution >= 4 is 21.4 Å². The number of aryl methyl sites for hydroxylation is 1. The molecule has 3 N–H and O–H groups in total. The molecule has 0 aromatic heterocycles. The van der Waals surface area contributed by atoms with Gasteiger partial charge in [0.05, 0.1) is 15.9 Å². The minimum Gasteiger partial charge on any atom is -0.318 e. The summed E-state index contributed by atoms with van der Waals surface area (Å²) in [6.45, 7) is 1.51. The Bertz CT molecular complexity index is 695. The van der Waals surface area contributed by atoms with Gasteiger partial charge in [0.1, 0.15) is 5.69 Å². The molecule has 10 heteroatoms. The number of nitriles is 1. The molecule has 0 aliphatic carbocycles. The molecule has 0 aliphatic rings. The third-order valence-electron chi connectivity index (χ3n) is 2.87. The number of benzene rings is 1. The third kappa shape index (κ3) is 3.46. The second-order valence-corrected chi connectivity index (χ2v) is 6.28. The van der Waals surface area contributed by atoms with Crippen molar-refractivity contribution in [1.82, 2.24) is 4.31 Å². The number of anilines is 1. The maximum absolute atomic E-state index is 12.4. The Morgan fingerprint density at radius 2 is 2.14 bits per heavy atom. The van der Waals surface area contributed by atoms with Crippen LogP contribution in [0.4, 0.5) is 11.4 Å². The number of nitro benzene ring substituents is 1. The van der Waals surface area contributed by atoms with E-state index in [2.05, 4.69) is 5.43 Å². The van der Waals surface area contributed by atoms with E-state index in [0.717, 1.165) is 10.4 Å². The molecule has 1 aromatic rings. The number of hydrogen-bond donors (Lipinski definition) is 2. The lowest BCUT2D eigenvalue weighted by Crippen LogP contribution is -2.28. The molecule has 9 nitrogen and oxygen atoms in total. The Hall–Kier alpha value is -2.22. The Kier molecular flexibility index (Phi) is 5.20. The molecular weight excluding hydrogens is 298 g/mol. The summed E-state index contributed by atoms with van der Waals surface area (Å²) in [4.78, 5) is 10.1. The number of hydrazine groups is 1. The molecule has 21 heavy (non-hydrogen) atoms. The second kappa shape index (κ2) is 6.49. The van der Waals surface area contributed by atoms with Gasteiger partial charge in [0.25, 0.3) is 5.69 Å². The fourth-order valence-electron chi connectivity index (χ4n) is 1.72. The van der Waals surface area contributed by atoms with Crippen LogP contribution in [0.1, 0.15) is 12.0 Å². The molecule has 0 heterocycles. The molecule has 1 rings (SSSR count). The van der Waals surface area contributed by atoms with Crippen LogP contribution in [0.3, 0.4) is 0 Å². The highest BCUT2D eigenvalue weighted by Crippen LogP contribution is 2.31. The zero-order chi connectivity index (χ0) is 16.2. The van der Waals surface area contributed by atoms with Crippen molar-refractivity contribution in [1.29, 1.82) is 5.26 Å². The molecule has 0 bridgehead atoms. The minimum atomic E-state index is -3.91. The van der Waals surface area contributed by atoms with Crippen molar-refractivity contribution in [3.05, 3.63) is 27.8 Å². The first-order chi connectivity index (χ1) is 9.75. The smallest absolute Gasteiger partial charge is 0.295 e. The standard InChI is InChI=1S/C11H15N5O4S/c1-8-6-9(14-13)10(16(17)18)7-11(8)21(19,20)15(2)5-3-4-12/h6-7,14H,3,5,13H2,1-2H3. The van der Waals surface area contributed by atoms with E-state index in [1.807, 2.05) is 6.07 Å². The summed E-state index contributed by atoms with van der Waals surface area (Å²) >= 11 is 0. The Balaban J connectivity index is 3.40. The van der Waals surface area contributed by atoms with Crippen LogP contribution in [0.25, 0.3) is 0 Å². The quantitative estimate of drug-likeness (QED) is 0.447. The van der Waals surface area contributed by atoms with Gasteiger partial charge >= 0.3 is 0 Å². The zero-order valence-electron chi connectivity index (χ0n) is 11.5.